The van der Waals surface area contributed by atoms with Crippen LogP contribution in [0, 0.1) is 5.92 Å². The molecule has 1 aliphatic rings. The number of rotatable bonds is 7. The molecule has 30 heavy (non-hydrogen) atoms. The summed E-state index contributed by atoms with van der Waals surface area (Å²) in [6.45, 7) is 5.78. The number of nitrogens with one attached hydrogen (secondary N) is 2. The Labute approximate surface area is 203 Å². The molecule has 0 spiro atoms. The average Bonchev–Trinajstić information content (AvgIpc) is 3.24. The van der Waals surface area contributed by atoms with Gasteiger partial charge in [0.05, 0.1) is 6.54 Å². The number of benzene rings is 1. The number of piperidine rings is 1. The van der Waals surface area contributed by atoms with Crippen molar-refractivity contribution in [2.75, 3.05) is 45.7 Å². The van der Waals surface area contributed by atoms with Gasteiger partial charge in [-0.2, -0.15) is 0 Å². The maximum atomic E-state index is 4.82. The minimum absolute atomic E-state index is 0. The van der Waals surface area contributed by atoms with Gasteiger partial charge in [-0.15, -0.1) is 35.3 Å². The van der Waals surface area contributed by atoms with Crippen LogP contribution in [0.5, 0.6) is 0 Å². The molecule has 1 fully saturated rings. The van der Waals surface area contributed by atoms with Gasteiger partial charge < -0.3 is 15.5 Å². The lowest BCUT2D eigenvalue weighted by molar-refractivity contribution is 0.125. The van der Waals surface area contributed by atoms with Crippen LogP contribution in [-0.2, 0) is 6.54 Å². The average molecular weight is 542 g/mol. The number of halogens is 1. The second kappa shape index (κ2) is 12.5. The molecule has 1 aromatic carbocycles. The molecular weight excluding hydrogens is 505 g/mol. The Morgan fingerprint density at radius 2 is 1.97 bits per heavy atom. The number of hydrogen-bond acceptors (Lipinski definition) is 4. The molecule has 2 N–H and O–H groups in total. The molecule has 0 saturated carbocycles. The molecule has 1 aromatic heterocycles. The molecule has 5 nitrogen and oxygen atoms in total. The number of aliphatic imine (C=N–C) groups is 1. The highest BCUT2D eigenvalue weighted by Crippen LogP contribution is 2.36. The van der Waals surface area contributed by atoms with E-state index in [-0.39, 0.29) is 24.0 Å². The number of nitrogens with zero attached hydrogens (tertiary/aromatic N) is 3. The van der Waals surface area contributed by atoms with E-state index in [9.17, 15) is 0 Å². The van der Waals surface area contributed by atoms with Gasteiger partial charge in [0.1, 0.15) is 0 Å². The standard InChI is InChI=1S/C23H35N5S.HI/c1-5-24-23(25-16-18-10-12-20(13-11-18)27(2)3)26-17-19-8-6-14-28(4)22(19)21-9-7-15-29-21;/h7,9-13,15,19,22H,5-6,8,14,16-17H2,1-4H3,(H2,24,25,26);1H. The van der Waals surface area contributed by atoms with Crippen LogP contribution in [-0.4, -0.2) is 51.6 Å². The summed E-state index contributed by atoms with van der Waals surface area (Å²) in [4.78, 5) is 10.9. The summed E-state index contributed by atoms with van der Waals surface area (Å²) in [5.41, 5.74) is 2.44. The molecule has 0 radical (unpaired) electrons. The number of hydrogen-bond donors (Lipinski definition) is 2. The van der Waals surface area contributed by atoms with Crippen LogP contribution in [0.25, 0.3) is 0 Å². The van der Waals surface area contributed by atoms with Crippen LogP contribution in [0.15, 0.2) is 46.8 Å². The molecule has 0 amide bonds. The van der Waals surface area contributed by atoms with E-state index in [0.29, 0.717) is 18.5 Å². The zero-order valence-electron chi connectivity index (χ0n) is 18.6. The highest BCUT2D eigenvalue weighted by Gasteiger charge is 2.31. The molecule has 3 rings (SSSR count). The molecule has 1 aliphatic heterocycles. The molecule has 1 saturated heterocycles. The maximum Gasteiger partial charge on any atom is 0.191 e. The highest BCUT2D eigenvalue weighted by atomic mass is 127. The molecular formula is C23H36IN5S. The Hall–Kier alpha value is -1.32. The Kier molecular flexibility index (Phi) is 10.4. The van der Waals surface area contributed by atoms with Crippen molar-refractivity contribution in [1.82, 2.24) is 15.5 Å². The molecule has 2 unspecified atom stereocenters. The zero-order chi connectivity index (χ0) is 20.6. The van der Waals surface area contributed by atoms with Crippen molar-refractivity contribution in [3.05, 3.63) is 52.2 Å². The van der Waals surface area contributed by atoms with Crippen molar-refractivity contribution in [3.63, 3.8) is 0 Å². The van der Waals surface area contributed by atoms with E-state index in [1.807, 2.05) is 11.3 Å². The normalized spacial score (nSPS) is 19.8. The van der Waals surface area contributed by atoms with Gasteiger partial charge in [0.25, 0.3) is 0 Å². The van der Waals surface area contributed by atoms with Crippen molar-refractivity contribution in [2.24, 2.45) is 10.9 Å². The van der Waals surface area contributed by atoms with Gasteiger partial charge in [0.2, 0.25) is 0 Å². The predicted octanol–water partition coefficient (Wildman–Crippen LogP) is 4.57. The Morgan fingerprint density at radius 3 is 2.60 bits per heavy atom. The predicted molar refractivity (Wildman–Crippen MR) is 141 cm³/mol. The number of thiophene rings is 1. The number of anilines is 1. The topological polar surface area (TPSA) is 42.9 Å². The lowest BCUT2D eigenvalue weighted by Crippen LogP contribution is -2.44. The van der Waals surface area contributed by atoms with E-state index >= 15 is 0 Å². The van der Waals surface area contributed by atoms with E-state index in [0.717, 1.165) is 19.0 Å². The first-order chi connectivity index (χ1) is 14.1. The maximum absolute atomic E-state index is 4.82. The quantitative estimate of drug-likeness (QED) is 0.306. The second-order valence-electron chi connectivity index (χ2n) is 7.98. The third kappa shape index (κ3) is 6.85. The zero-order valence-corrected chi connectivity index (χ0v) is 21.7. The van der Waals surface area contributed by atoms with Crippen molar-refractivity contribution in [1.29, 1.82) is 0 Å². The van der Waals surface area contributed by atoms with Crippen LogP contribution in [0.3, 0.4) is 0 Å². The van der Waals surface area contributed by atoms with Gasteiger partial charge in [-0.05, 0) is 68.4 Å². The molecule has 166 valence electrons. The van der Waals surface area contributed by atoms with Crippen molar-refractivity contribution in [2.45, 2.75) is 32.4 Å². The largest absolute Gasteiger partial charge is 0.378 e. The van der Waals surface area contributed by atoms with E-state index < -0.39 is 0 Å². The van der Waals surface area contributed by atoms with Gasteiger partial charge in [0, 0.05) is 43.8 Å². The fourth-order valence-electron chi connectivity index (χ4n) is 4.02. The minimum atomic E-state index is 0. The minimum Gasteiger partial charge on any atom is -0.378 e. The summed E-state index contributed by atoms with van der Waals surface area (Å²) in [6, 6.07) is 13.6. The molecule has 7 heteroatoms. The molecule has 2 atom stereocenters. The van der Waals surface area contributed by atoms with Crippen LogP contribution >= 0.6 is 35.3 Å². The summed E-state index contributed by atoms with van der Waals surface area (Å²) in [5.74, 6) is 1.50. The first-order valence-corrected chi connectivity index (χ1v) is 11.5. The van der Waals surface area contributed by atoms with E-state index in [1.54, 1.807) is 0 Å². The van der Waals surface area contributed by atoms with Gasteiger partial charge in [-0.3, -0.25) is 4.90 Å². The van der Waals surface area contributed by atoms with Crippen LogP contribution in [0.1, 0.15) is 36.2 Å². The fourth-order valence-corrected chi connectivity index (χ4v) is 5.01. The smallest absolute Gasteiger partial charge is 0.191 e. The second-order valence-corrected chi connectivity index (χ2v) is 8.96. The summed E-state index contributed by atoms with van der Waals surface area (Å²) in [5, 5.41) is 9.20. The first-order valence-electron chi connectivity index (χ1n) is 10.6. The van der Waals surface area contributed by atoms with Gasteiger partial charge >= 0.3 is 0 Å². The number of guanidine groups is 1. The summed E-state index contributed by atoms with van der Waals surface area (Å²) >= 11 is 1.87. The van der Waals surface area contributed by atoms with Crippen LogP contribution in [0.4, 0.5) is 5.69 Å². The lowest BCUT2D eigenvalue weighted by atomic mass is 9.88. The Bertz CT molecular complexity index is 760. The summed E-state index contributed by atoms with van der Waals surface area (Å²) in [6.07, 6.45) is 2.52. The highest BCUT2D eigenvalue weighted by molar-refractivity contribution is 14.0. The van der Waals surface area contributed by atoms with E-state index in [4.69, 9.17) is 4.99 Å². The molecule has 0 bridgehead atoms. The van der Waals surface area contributed by atoms with E-state index in [2.05, 4.69) is 90.3 Å². The monoisotopic (exact) mass is 541 g/mol. The SMILES string of the molecule is CCNC(=NCc1ccc(N(C)C)cc1)NCC1CCCN(C)C1c1cccs1.I. The molecule has 2 heterocycles. The molecule has 2 aromatic rings. The third-order valence-electron chi connectivity index (χ3n) is 5.59. The number of likely N-dealkylation sites (tertiary alicyclic amines) is 1. The van der Waals surface area contributed by atoms with Gasteiger partial charge in [-0.1, -0.05) is 18.2 Å². The van der Waals surface area contributed by atoms with Crippen molar-refractivity contribution < 1.29 is 0 Å². The van der Waals surface area contributed by atoms with Gasteiger partial charge in [-0.25, -0.2) is 4.99 Å². The fraction of sp³-hybridized carbons (Fsp3) is 0.522. The summed E-state index contributed by atoms with van der Waals surface area (Å²) < 4.78 is 0. The lowest BCUT2D eigenvalue weighted by Gasteiger charge is -2.39. The Morgan fingerprint density at radius 1 is 1.20 bits per heavy atom. The van der Waals surface area contributed by atoms with E-state index in [1.165, 1.54) is 35.5 Å². The Balaban J connectivity index is 0.00000320. The first kappa shape index (κ1) is 24.9. The van der Waals surface area contributed by atoms with Gasteiger partial charge in [0.15, 0.2) is 5.96 Å². The van der Waals surface area contributed by atoms with Crippen LogP contribution in [0.2, 0.25) is 0 Å². The van der Waals surface area contributed by atoms with Crippen molar-refractivity contribution in [3.8, 4) is 0 Å². The molecule has 0 aliphatic carbocycles. The third-order valence-corrected chi connectivity index (χ3v) is 6.53. The summed E-state index contributed by atoms with van der Waals surface area (Å²) in [7, 11) is 6.38. The van der Waals surface area contributed by atoms with Crippen LogP contribution < -0.4 is 15.5 Å². The van der Waals surface area contributed by atoms with Crippen molar-refractivity contribution >= 4 is 47.0 Å².